The first-order valence-corrected chi connectivity index (χ1v) is 4.93. The molecule has 17 heavy (non-hydrogen) atoms. The lowest BCUT2D eigenvalue weighted by molar-refractivity contribution is -0.394. The summed E-state index contributed by atoms with van der Waals surface area (Å²) in [6.07, 6.45) is 1.85. The van der Waals surface area contributed by atoms with Crippen molar-refractivity contribution in [1.29, 1.82) is 0 Å². The number of rotatable bonds is 7. The molecule has 1 aromatic heterocycles. The zero-order valence-electron chi connectivity index (χ0n) is 9.33. The highest BCUT2D eigenvalue weighted by Gasteiger charge is 2.14. The van der Waals surface area contributed by atoms with Gasteiger partial charge in [-0.15, -0.1) is 0 Å². The summed E-state index contributed by atoms with van der Waals surface area (Å²) in [5, 5.41) is 16.4. The molecule has 0 aromatic carbocycles. The molecule has 0 atom stereocenters. The average molecular weight is 243 g/mol. The van der Waals surface area contributed by atoms with Crippen LogP contribution in [0.1, 0.15) is 6.42 Å². The van der Waals surface area contributed by atoms with Crippen molar-refractivity contribution in [2.75, 3.05) is 20.3 Å². The molecule has 0 aliphatic rings. The SMILES string of the molecule is COCCCNC(=O)Cn1cnc([N+](=O)[O-])n1. The number of ether oxygens (including phenoxy) is 1. The smallest absolute Gasteiger partial charge is 0.390 e. The third-order valence-electron chi connectivity index (χ3n) is 1.84. The Morgan fingerprint density at radius 1 is 1.71 bits per heavy atom. The van der Waals surface area contributed by atoms with Gasteiger partial charge in [-0.2, -0.15) is 4.68 Å². The normalized spacial score (nSPS) is 10.2. The van der Waals surface area contributed by atoms with E-state index in [1.807, 2.05) is 0 Å². The van der Waals surface area contributed by atoms with E-state index in [0.29, 0.717) is 19.6 Å². The molecule has 0 radical (unpaired) electrons. The van der Waals surface area contributed by atoms with Gasteiger partial charge in [0.25, 0.3) is 0 Å². The molecular formula is C8H13N5O4. The number of hydrogen-bond donors (Lipinski definition) is 1. The van der Waals surface area contributed by atoms with Gasteiger partial charge in [0.2, 0.25) is 12.2 Å². The van der Waals surface area contributed by atoms with Gasteiger partial charge in [-0.25, -0.2) is 0 Å². The predicted molar refractivity (Wildman–Crippen MR) is 56.2 cm³/mol. The number of nitro groups is 1. The Hall–Kier alpha value is -2.03. The molecule has 94 valence electrons. The van der Waals surface area contributed by atoms with Gasteiger partial charge in [0, 0.05) is 25.4 Å². The molecule has 0 saturated heterocycles. The summed E-state index contributed by atoms with van der Waals surface area (Å²) in [6, 6.07) is 0. The highest BCUT2D eigenvalue weighted by atomic mass is 16.6. The van der Waals surface area contributed by atoms with Crippen LogP contribution in [0.3, 0.4) is 0 Å². The van der Waals surface area contributed by atoms with Gasteiger partial charge in [0.05, 0.1) is 0 Å². The molecular weight excluding hydrogens is 230 g/mol. The molecule has 0 unspecified atom stereocenters. The molecule has 9 nitrogen and oxygen atoms in total. The maximum atomic E-state index is 11.3. The van der Waals surface area contributed by atoms with E-state index in [1.54, 1.807) is 7.11 Å². The first kappa shape index (κ1) is 13.0. The largest absolute Gasteiger partial charge is 0.490 e. The van der Waals surface area contributed by atoms with E-state index in [2.05, 4.69) is 15.4 Å². The fraction of sp³-hybridized carbons (Fsp3) is 0.625. The highest BCUT2D eigenvalue weighted by Crippen LogP contribution is 1.98. The quantitative estimate of drug-likeness (QED) is 0.386. The van der Waals surface area contributed by atoms with E-state index in [9.17, 15) is 14.9 Å². The van der Waals surface area contributed by atoms with Crippen molar-refractivity contribution in [3.63, 3.8) is 0 Å². The van der Waals surface area contributed by atoms with Crippen LogP contribution >= 0.6 is 0 Å². The number of nitrogens with one attached hydrogen (secondary N) is 1. The van der Waals surface area contributed by atoms with E-state index in [-0.39, 0.29) is 12.5 Å². The van der Waals surface area contributed by atoms with E-state index in [0.717, 1.165) is 11.0 Å². The third kappa shape index (κ3) is 4.55. The summed E-state index contributed by atoms with van der Waals surface area (Å²) in [7, 11) is 1.58. The van der Waals surface area contributed by atoms with E-state index >= 15 is 0 Å². The Morgan fingerprint density at radius 3 is 3.06 bits per heavy atom. The topological polar surface area (TPSA) is 112 Å². The van der Waals surface area contributed by atoms with E-state index in [4.69, 9.17) is 4.74 Å². The standard InChI is InChI=1S/C8H13N5O4/c1-17-4-2-3-9-7(14)5-12-6-10-8(11-12)13(15)16/h6H,2-5H2,1H3,(H,9,14). The minimum absolute atomic E-state index is 0.0895. The van der Waals surface area contributed by atoms with Crippen LogP contribution in [0.25, 0.3) is 0 Å². The molecule has 1 heterocycles. The second-order valence-corrected chi connectivity index (χ2v) is 3.20. The van der Waals surface area contributed by atoms with Crippen LogP contribution in [0.2, 0.25) is 0 Å². The summed E-state index contributed by atoms with van der Waals surface area (Å²) in [5.74, 6) is -0.793. The second-order valence-electron chi connectivity index (χ2n) is 3.20. The van der Waals surface area contributed by atoms with Crippen LogP contribution in [0.15, 0.2) is 6.33 Å². The minimum atomic E-state index is -0.715. The van der Waals surface area contributed by atoms with E-state index < -0.39 is 10.9 Å². The average Bonchev–Trinajstić information content (AvgIpc) is 2.73. The predicted octanol–water partition coefficient (Wildman–Crippen LogP) is -0.661. The zero-order valence-corrected chi connectivity index (χ0v) is 9.33. The Kier molecular flexibility index (Phi) is 5.01. The van der Waals surface area contributed by atoms with Gasteiger partial charge < -0.3 is 20.2 Å². The number of carbonyl (C=O) groups is 1. The molecule has 0 bridgehead atoms. The number of carbonyl (C=O) groups excluding carboxylic acids is 1. The molecule has 1 rings (SSSR count). The summed E-state index contributed by atoms with van der Waals surface area (Å²) >= 11 is 0. The lowest BCUT2D eigenvalue weighted by Gasteiger charge is -2.02. The molecule has 9 heteroatoms. The van der Waals surface area contributed by atoms with Crippen LogP contribution in [-0.2, 0) is 16.1 Å². The van der Waals surface area contributed by atoms with Crippen LogP contribution in [0.5, 0.6) is 0 Å². The Balaban J connectivity index is 2.32. The third-order valence-corrected chi connectivity index (χ3v) is 1.84. The Labute approximate surface area is 96.9 Å². The first-order chi connectivity index (χ1) is 8.13. The van der Waals surface area contributed by atoms with Gasteiger partial charge in [-0.05, 0) is 11.3 Å². The van der Waals surface area contributed by atoms with Crippen molar-refractivity contribution in [2.45, 2.75) is 13.0 Å². The summed E-state index contributed by atoms with van der Waals surface area (Å²) in [5.41, 5.74) is 0. The van der Waals surface area contributed by atoms with Crippen molar-refractivity contribution in [1.82, 2.24) is 20.1 Å². The Bertz CT molecular complexity index is 391. The highest BCUT2D eigenvalue weighted by molar-refractivity contribution is 5.75. The van der Waals surface area contributed by atoms with E-state index in [1.165, 1.54) is 0 Å². The van der Waals surface area contributed by atoms with Crippen molar-refractivity contribution in [3.8, 4) is 0 Å². The number of methoxy groups -OCH3 is 1. The fourth-order valence-corrected chi connectivity index (χ4v) is 1.09. The minimum Gasteiger partial charge on any atom is -0.390 e. The summed E-state index contributed by atoms with van der Waals surface area (Å²) in [4.78, 5) is 24.4. The van der Waals surface area contributed by atoms with Gasteiger partial charge in [0.15, 0.2) is 0 Å². The number of nitrogens with zero attached hydrogens (tertiary/aromatic N) is 4. The lowest BCUT2D eigenvalue weighted by Crippen LogP contribution is -2.29. The monoisotopic (exact) mass is 243 g/mol. The number of hydrogen-bond acceptors (Lipinski definition) is 6. The Morgan fingerprint density at radius 2 is 2.47 bits per heavy atom. The summed E-state index contributed by atoms with van der Waals surface area (Å²) in [6.45, 7) is 0.965. The van der Waals surface area contributed by atoms with Crippen LogP contribution in [0.4, 0.5) is 5.95 Å². The van der Waals surface area contributed by atoms with Crippen LogP contribution in [0, 0.1) is 10.1 Å². The van der Waals surface area contributed by atoms with Crippen molar-refractivity contribution < 1.29 is 14.5 Å². The van der Waals surface area contributed by atoms with Gasteiger partial charge in [-0.3, -0.25) is 4.79 Å². The molecule has 0 saturated carbocycles. The molecule has 1 amide bonds. The summed E-state index contributed by atoms with van der Waals surface area (Å²) < 4.78 is 5.93. The van der Waals surface area contributed by atoms with Gasteiger partial charge >= 0.3 is 5.95 Å². The number of amides is 1. The molecule has 0 fully saturated rings. The van der Waals surface area contributed by atoms with Gasteiger partial charge in [-0.1, -0.05) is 4.98 Å². The van der Waals surface area contributed by atoms with Crippen LogP contribution < -0.4 is 5.32 Å². The number of aromatic nitrogens is 3. The molecule has 0 spiro atoms. The molecule has 0 aliphatic carbocycles. The molecule has 1 N–H and O–H groups in total. The van der Waals surface area contributed by atoms with Gasteiger partial charge in [0.1, 0.15) is 6.54 Å². The second kappa shape index (κ2) is 6.53. The van der Waals surface area contributed by atoms with Crippen LogP contribution in [-0.4, -0.2) is 45.9 Å². The maximum absolute atomic E-state index is 11.3. The molecule has 1 aromatic rings. The fourth-order valence-electron chi connectivity index (χ4n) is 1.09. The first-order valence-electron chi connectivity index (χ1n) is 4.93. The lowest BCUT2D eigenvalue weighted by atomic mass is 10.4. The van der Waals surface area contributed by atoms with Crippen molar-refractivity contribution >= 4 is 11.9 Å². The van der Waals surface area contributed by atoms with Crippen molar-refractivity contribution in [3.05, 3.63) is 16.4 Å². The molecule has 0 aliphatic heterocycles. The zero-order chi connectivity index (χ0) is 12.7. The van der Waals surface area contributed by atoms with Crippen molar-refractivity contribution in [2.24, 2.45) is 0 Å². The maximum Gasteiger partial charge on any atom is 0.490 e.